The van der Waals surface area contributed by atoms with Crippen molar-refractivity contribution < 1.29 is 8.42 Å². The molecular weight excluding hydrogens is 270 g/mol. The van der Waals surface area contributed by atoms with Crippen LogP contribution in [0.2, 0.25) is 5.02 Å². The Morgan fingerprint density at radius 1 is 1.39 bits per heavy atom. The molecule has 100 valence electrons. The van der Waals surface area contributed by atoms with Crippen LogP contribution in [0.4, 0.5) is 0 Å². The van der Waals surface area contributed by atoms with Gasteiger partial charge in [0.25, 0.3) is 0 Å². The minimum absolute atomic E-state index is 0.214. The predicted molar refractivity (Wildman–Crippen MR) is 74.9 cm³/mol. The summed E-state index contributed by atoms with van der Waals surface area (Å²) in [5, 5.41) is 4.06. The maximum absolute atomic E-state index is 11.0. The van der Waals surface area contributed by atoms with Gasteiger partial charge >= 0.3 is 0 Å². The molecule has 3 nitrogen and oxygen atoms in total. The smallest absolute Gasteiger partial charge is 0.148 e. The van der Waals surface area contributed by atoms with Crippen LogP contribution in [-0.4, -0.2) is 33.0 Å². The summed E-state index contributed by atoms with van der Waals surface area (Å²) in [6, 6.07) is 8.41. The standard InChI is InChI=1S/C13H18ClNO2S/c1-18(16,17)6-5-15-13-8-11(9-13)10-3-2-4-12(14)7-10/h2-4,7,11,13,15H,5-6,8-9H2,1H3. The number of rotatable bonds is 5. The third-order valence-corrected chi connectivity index (χ3v) is 4.54. The lowest BCUT2D eigenvalue weighted by molar-refractivity contribution is 0.296. The van der Waals surface area contributed by atoms with Crippen molar-refractivity contribution in [2.75, 3.05) is 18.6 Å². The van der Waals surface area contributed by atoms with Crippen LogP contribution in [0.3, 0.4) is 0 Å². The molecule has 2 rings (SSSR count). The summed E-state index contributed by atoms with van der Waals surface area (Å²) >= 11 is 5.96. The molecule has 0 saturated heterocycles. The van der Waals surface area contributed by atoms with Gasteiger partial charge in [0.1, 0.15) is 9.84 Å². The summed E-state index contributed by atoms with van der Waals surface area (Å²) in [4.78, 5) is 0. The molecule has 18 heavy (non-hydrogen) atoms. The molecule has 1 N–H and O–H groups in total. The van der Waals surface area contributed by atoms with Crippen molar-refractivity contribution in [2.45, 2.75) is 24.8 Å². The summed E-state index contributed by atoms with van der Waals surface area (Å²) < 4.78 is 22.0. The second-order valence-electron chi connectivity index (χ2n) is 5.00. The Kier molecular flexibility index (Phi) is 4.30. The van der Waals surface area contributed by atoms with Gasteiger partial charge in [0.05, 0.1) is 5.75 Å². The zero-order valence-electron chi connectivity index (χ0n) is 10.4. The van der Waals surface area contributed by atoms with E-state index in [1.807, 2.05) is 18.2 Å². The van der Waals surface area contributed by atoms with E-state index in [1.165, 1.54) is 11.8 Å². The van der Waals surface area contributed by atoms with Gasteiger partial charge in [-0.3, -0.25) is 0 Å². The maximum atomic E-state index is 11.0. The van der Waals surface area contributed by atoms with Gasteiger partial charge in [0, 0.05) is 23.9 Å². The molecule has 5 heteroatoms. The van der Waals surface area contributed by atoms with Crippen molar-refractivity contribution in [3.8, 4) is 0 Å². The molecule has 1 aromatic carbocycles. The van der Waals surface area contributed by atoms with Gasteiger partial charge in [0.2, 0.25) is 0 Å². The van der Waals surface area contributed by atoms with Gasteiger partial charge in [-0.15, -0.1) is 0 Å². The van der Waals surface area contributed by atoms with E-state index in [-0.39, 0.29) is 5.75 Å². The second-order valence-corrected chi connectivity index (χ2v) is 7.70. The van der Waals surface area contributed by atoms with E-state index in [2.05, 4.69) is 11.4 Å². The lowest BCUT2D eigenvalue weighted by Crippen LogP contribution is -2.41. The Balaban J connectivity index is 1.74. The van der Waals surface area contributed by atoms with Crippen molar-refractivity contribution in [3.63, 3.8) is 0 Å². The molecule has 1 aromatic rings. The second kappa shape index (κ2) is 5.59. The number of hydrogen-bond donors (Lipinski definition) is 1. The van der Waals surface area contributed by atoms with Crippen LogP contribution in [-0.2, 0) is 9.84 Å². The van der Waals surface area contributed by atoms with Crippen molar-refractivity contribution in [2.24, 2.45) is 0 Å². The van der Waals surface area contributed by atoms with Crippen molar-refractivity contribution >= 4 is 21.4 Å². The largest absolute Gasteiger partial charge is 0.313 e. The fourth-order valence-corrected chi connectivity index (χ4v) is 2.95. The van der Waals surface area contributed by atoms with Crippen molar-refractivity contribution in [1.82, 2.24) is 5.32 Å². The summed E-state index contributed by atoms with van der Waals surface area (Å²) in [7, 11) is -2.86. The van der Waals surface area contributed by atoms with Gasteiger partial charge in [-0.25, -0.2) is 8.42 Å². The first kappa shape index (κ1) is 13.8. The molecule has 0 bridgehead atoms. The lowest BCUT2D eigenvalue weighted by atomic mass is 9.76. The topological polar surface area (TPSA) is 46.2 Å². The first-order chi connectivity index (χ1) is 8.44. The Labute approximate surface area is 113 Å². The van der Waals surface area contributed by atoms with E-state index in [0.717, 1.165) is 17.9 Å². The molecule has 0 amide bonds. The molecule has 0 heterocycles. The number of hydrogen-bond acceptors (Lipinski definition) is 3. The van der Waals surface area contributed by atoms with Gasteiger partial charge in [-0.05, 0) is 36.5 Å². The summed E-state index contributed by atoms with van der Waals surface area (Å²) in [5.74, 6) is 0.769. The summed E-state index contributed by atoms with van der Waals surface area (Å²) in [5.41, 5.74) is 1.28. The van der Waals surface area contributed by atoms with Crippen LogP contribution >= 0.6 is 11.6 Å². The Hall–Kier alpha value is -0.580. The molecule has 1 aliphatic carbocycles. The average Bonchev–Trinajstić information content (AvgIpc) is 2.19. The fraction of sp³-hybridized carbons (Fsp3) is 0.538. The molecule has 0 aliphatic heterocycles. The van der Waals surface area contributed by atoms with E-state index in [1.54, 1.807) is 0 Å². The zero-order chi connectivity index (χ0) is 13.2. The number of benzene rings is 1. The van der Waals surface area contributed by atoms with Gasteiger partial charge in [0.15, 0.2) is 0 Å². The van der Waals surface area contributed by atoms with Crippen LogP contribution in [0, 0.1) is 0 Å². The van der Waals surface area contributed by atoms with Crippen molar-refractivity contribution in [1.29, 1.82) is 0 Å². The third-order valence-electron chi connectivity index (χ3n) is 3.36. The van der Waals surface area contributed by atoms with Crippen LogP contribution in [0.25, 0.3) is 0 Å². The van der Waals surface area contributed by atoms with E-state index >= 15 is 0 Å². The SMILES string of the molecule is CS(=O)(=O)CCNC1CC(c2cccc(Cl)c2)C1. The predicted octanol–water partition coefficient (Wildman–Crippen LogP) is 2.22. The highest BCUT2D eigenvalue weighted by Gasteiger charge is 2.29. The quantitative estimate of drug-likeness (QED) is 0.903. The molecule has 1 aliphatic rings. The molecule has 0 unspecified atom stereocenters. The number of sulfone groups is 1. The van der Waals surface area contributed by atoms with Crippen molar-refractivity contribution in [3.05, 3.63) is 34.9 Å². The zero-order valence-corrected chi connectivity index (χ0v) is 12.0. The molecule has 1 fully saturated rings. The van der Waals surface area contributed by atoms with E-state index in [0.29, 0.717) is 18.5 Å². The molecule has 0 aromatic heterocycles. The third kappa shape index (κ3) is 3.97. The van der Waals surface area contributed by atoms with Crippen LogP contribution in [0.15, 0.2) is 24.3 Å². The normalized spacial score (nSPS) is 23.7. The van der Waals surface area contributed by atoms with Gasteiger partial charge in [-0.1, -0.05) is 23.7 Å². The Bertz CT molecular complexity index is 509. The Morgan fingerprint density at radius 3 is 2.72 bits per heavy atom. The summed E-state index contributed by atoms with van der Waals surface area (Å²) in [6.45, 7) is 0.547. The minimum Gasteiger partial charge on any atom is -0.313 e. The Morgan fingerprint density at radius 2 is 2.11 bits per heavy atom. The number of nitrogens with one attached hydrogen (secondary N) is 1. The van der Waals surface area contributed by atoms with Crippen LogP contribution < -0.4 is 5.32 Å². The lowest BCUT2D eigenvalue weighted by Gasteiger charge is -2.36. The highest BCUT2D eigenvalue weighted by Crippen LogP contribution is 2.37. The van der Waals surface area contributed by atoms with Crippen LogP contribution in [0.1, 0.15) is 24.3 Å². The van der Waals surface area contributed by atoms with E-state index in [9.17, 15) is 8.42 Å². The molecule has 0 atom stereocenters. The van der Waals surface area contributed by atoms with E-state index < -0.39 is 9.84 Å². The van der Waals surface area contributed by atoms with E-state index in [4.69, 9.17) is 11.6 Å². The average molecular weight is 288 g/mol. The monoisotopic (exact) mass is 287 g/mol. The maximum Gasteiger partial charge on any atom is 0.148 e. The van der Waals surface area contributed by atoms with Gasteiger partial charge < -0.3 is 5.32 Å². The first-order valence-corrected chi connectivity index (χ1v) is 8.54. The number of halogens is 1. The molecule has 0 radical (unpaired) electrons. The first-order valence-electron chi connectivity index (χ1n) is 6.10. The van der Waals surface area contributed by atoms with Crippen LogP contribution in [0.5, 0.6) is 0 Å². The highest BCUT2D eigenvalue weighted by atomic mass is 35.5. The highest BCUT2D eigenvalue weighted by molar-refractivity contribution is 7.90. The molecule has 0 spiro atoms. The van der Waals surface area contributed by atoms with Gasteiger partial charge in [-0.2, -0.15) is 0 Å². The molecule has 1 saturated carbocycles. The molecular formula is C13H18ClNO2S. The summed E-state index contributed by atoms with van der Waals surface area (Å²) in [6.07, 6.45) is 3.39. The minimum atomic E-state index is -2.86. The fourth-order valence-electron chi connectivity index (χ4n) is 2.27.